The molecule has 6 aliphatic rings. The number of hydrogen-bond acceptors (Lipinski definition) is 39. The molecule has 4 amide bonds. The van der Waals surface area contributed by atoms with Crippen molar-refractivity contribution in [1.29, 1.82) is 0 Å². The Kier molecular flexibility index (Phi) is 49.3. The standard InChI is InChI=1S/C82H144N4O41/c1-4-6-8-10-12-14-16-18-20-22-24-26-28-30-45(96)44(84-54(101)31-29-27-25-23-21-19-17-15-13-11-9-7-5-2)42-116-76-65(109)64(108)68(52(38-91)119-76)121-78-67(111)74(127-82(80(114)115)33-47(98)58(86-56(103)41-94)72(125-82)61(105)49(100)35-88)69(53(39-92)120-78)122-75-59(83-43(3)95)70(62(106)50(36-89)117-75)123-77-66(110)73(63(107)51(37-90)118-77)126-81(79(112)113)32-46(97)57(85-55(102)40-93)71(124-81)60(104)48(99)34-87/h28,30,44-53,57-78,87-94,96-100,104-111H,4-27,29,31-42H2,1-3H3,(H,83,95)(H,84,101)(H,85,102)(H,86,103)(H,112,113)(H,114,115)/b30-28+/t44-,45+,46?,47?,48+,49+,50?,51?,52?,53?,57+,58+,59?,60+,61+,62-,63-,64+,65?,66?,67?,68+,69-,70+,71?,72?,73-,74+,75-,76+,77-,78-,81-,82-/m0/s1. The van der Waals surface area contributed by atoms with E-state index < -0.39 is 315 Å². The molecule has 0 bridgehead atoms. The predicted molar refractivity (Wildman–Crippen MR) is 433 cm³/mol. The van der Waals surface area contributed by atoms with Crippen LogP contribution in [0.3, 0.4) is 0 Å². The first-order valence-corrected chi connectivity index (χ1v) is 44.6. The van der Waals surface area contributed by atoms with Gasteiger partial charge in [0, 0.05) is 26.2 Å². The van der Waals surface area contributed by atoms with Crippen molar-refractivity contribution in [3.05, 3.63) is 12.2 Å². The molecule has 0 saturated carbocycles. The molecule has 0 aromatic heterocycles. The summed E-state index contributed by atoms with van der Waals surface area (Å²) >= 11 is 0. The van der Waals surface area contributed by atoms with Crippen molar-refractivity contribution < 1.29 is 203 Å². The number of allylic oxidation sites excluding steroid dienone is 1. The van der Waals surface area contributed by atoms with Gasteiger partial charge in [-0.15, -0.1) is 0 Å². The third kappa shape index (κ3) is 32.0. The van der Waals surface area contributed by atoms with Crippen molar-refractivity contribution >= 4 is 35.6 Å². The first-order chi connectivity index (χ1) is 60.6. The lowest BCUT2D eigenvalue weighted by molar-refractivity contribution is -0.405. The fourth-order valence-corrected chi connectivity index (χ4v) is 16.5. The van der Waals surface area contributed by atoms with E-state index >= 15 is 0 Å². The lowest BCUT2D eigenvalue weighted by atomic mass is 9.88. The number of carboxylic acid groups (broad SMARTS) is 2. The van der Waals surface area contributed by atoms with Crippen LogP contribution in [0.4, 0.5) is 0 Å². The van der Waals surface area contributed by atoms with Crippen LogP contribution in [-0.2, 0) is 85.6 Å². The minimum absolute atomic E-state index is 0.0833. The average molecular weight is 1840 g/mol. The molecule has 6 fully saturated rings. The second kappa shape index (κ2) is 56.4. The van der Waals surface area contributed by atoms with Gasteiger partial charge in [-0.25, -0.2) is 9.59 Å². The van der Waals surface area contributed by atoms with Crippen LogP contribution in [-0.4, -0.2) is 420 Å². The summed E-state index contributed by atoms with van der Waals surface area (Å²) in [7, 11) is 0. The van der Waals surface area contributed by atoms with Crippen LogP contribution in [0, 0.1) is 0 Å². The number of carboxylic acids is 2. The number of carbonyl (C=O) groups is 6. The number of hydrogen-bond donors (Lipinski definition) is 27. The highest BCUT2D eigenvalue weighted by atomic mass is 16.8. The van der Waals surface area contributed by atoms with Gasteiger partial charge in [0.05, 0.1) is 82.7 Å². The van der Waals surface area contributed by atoms with Crippen LogP contribution in [0.15, 0.2) is 12.2 Å². The fraction of sp³-hybridized carbons (Fsp3) is 0.902. The molecule has 0 spiro atoms. The molecular formula is C82H144N4O41. The number of aliphatic carboxylic acids is 2. The number of aliphatic hydroxyl groups excluding tert-OH is 21. The molecule has 12 unspecified atom stereocenters. The second-order valence-corrected chi connectivity index (χ2v) is 33.6. The summed E-state index contributed by atoms with van der Waals surface area (Å²) < 4.78 is 72.1. The summed E-state index contributed by atoms with van der Waals surface area (Å²) in [5.74, 6) is -15.5. The van der Waals surface area contributed by atoms with Crippen molar-refractivity contribution in [3.63, 3.8) is 0 Å². The van der Waals surface area contributed by atoms with Gasteiger partial charge in [0.2, 0.25) is 23.6 Å². The number of amides is 4. The Labute approximate surface area is 736 Å². The van der Waals surface area contributed by atoms with E-state index in [0.29, 0.717) is 12.8 Å². The van der Waals surface area contributed by atoms with Crippen molar-refractivity contribution in [1.82, 2.24) is 21.3 Å². The van der Waals surface area contributed by atoms with E-state index in [4.69, 9.17) is 56.8 Å². The molecule has 6 aliphatic heterocycles. The molecule has 27 N–H and O–H groups in total. The number of nitrogens with one attached hydrogen (secondary N) is 4. The van der Waals surface area contributed by atoms with Crippen LogP contribution in [0.25, 0.3) is 0 Å². The number of carbonyl (C=O) groups excluding carboxylic acids is 4. The maximum atomic E-state index is 14.1. The molecule has 34 atom stereocenters. The Balaban J connectivity index is 1.32. The highest BCUT2D eigenvalue weighted by molar-refractivity contribution is 5.79. The highest BCUT2D eigenvalue weighted by Crippen LogP contribution is 2.43. The summed E-state index contributed by atoms with van der Waals surface area (Å²) in [6.45, 7) is -5.58. The third-order valence-electron chi connectivity index (χ3n) is 23.8. The zero-order valence-corrected chi connectivity index (χ0v) is 72.4. The molecule has 6 saturated heterocycles. The van der Waals surface area contributed by atoms with Crippen LogP contribution in [0.1, 0.15) is 201 Å². The van der Waals surface area contributed by atoms with Crippen LogP contribution in [0.5, 0.6) is 0 Å². The molecule has 6 heterocycles. The maximum Gasteiger partial charge on any atom is 0.364 e. The topological polar surface area (TPSA) is 727 Å². The van der Waals surface area contributed by atoms with Crippen molar-refractivity contribution in [2.45, 2.75) is 408 Å². The summed E-state index contributed by atoms with van der Waals surface area (Å²) in [4.78, 5) is 79.8. The molecule has 0 radical (unpaired) electrons. The zero-order chi connectivity index (χ0) is 93.8. The van der Waals surface area contributed by atoms with Crippen molar-refractivity contribution in [3.8, 4) is 0 Å². The largest absolute Gasteiger partial charge is 0.477 e. The minimum atomic E-state index is -3.57. The molecule has 0 aromatic carbocycles. The van der Waals surface area contributed by atoms with Gasteiger partial charge < -0.3 is 196 Å². The van der Waals surface area contributed by atoms with Crippen LogP contribution < -0.4 is 21.3 Å². The first kappa shape index (κ1) is 111. The molecule has 45 heteroatoms. The van der Waals surface area contributed by atoms with Gasteiger partial charge >= 0.3 is 11.9 Å². The van der Waals surface area contributed by atoms with Gasteiger partial charge in [-0.2, -0.15) is 0 Å². The van der Waals surface area contributed by atoms with Crippen molar-refractivity contribution in [2.24, 2.45) is 0 Å². The smallest absolute Gasteiger partial charge is 0.364 e. The Morgan fingerprint density at radius 1 is 0.417 bits per heavy atom. The lowest BCUT2D eigenvalue weighted by Gasteiger charge is -2.53. The molecule has 6 rings (SSSR count). The van der Waals surface area contributed by atoms with E-state index in [2.05, 4.69) is 35.1 Å². The van der Waals surface area contributed by atoms with E-state index in [1.165, 1.54) is 89.5 Å². The lowest BCUT2D eigenvalue weighted by Crippen LogP contribution is -2.72. The van der Waals surface area contributed by atoms with Gasteiger partial charge in [-0.3, -0.25) is 19.2 Å². The van der Waals surface area contributed by atoms with Gasteiger partial charge in [-0.05, 0) is 19.3 Å². The van der Waals surface area contributed by atoms with E-state index in [-0.39, 0.29) is 6.42 Å². The Bertz CT molecular complexity index is 3200. The highest BCUT2D eigenvalue weighted by Gasteiger charge is 2.64. The number of unbranched alkanes of at least 4 members (excludes halogenated alkanes) is 23. The molecule has 45 nitrogen and oxygen atoms in total. The summed E-state index contributed by atoms with van der Waals surface area (Å²) in [6, 6.07) is -7.32. The molecular weight excluding hydrogens is 1700 g/mol. The number of rotatable bonds is 59. The third-order valence-corrected chi connectivity index (χ3v) is 23.8. The van der Waals surface area contributed by atoms with E-state index in [1.807, 2.05) is 0 Å². The molecule has 0 aromatic rings. The number of aliphatic hydroxyl groups is 21. The van der Waals surface area contributed by atoms with Gasteiger partial charge in [0.25, 0.3) is 11.6 Å². The average Bonchev–Trinajstić information content (AvgIpc) is 0.747. The summed E-state index contributed by atoms with van der Waals surface area (Å²) in [6.07, 6.45) is -36.8. The normalized spacial score (nSPS) is 35.1. The molecule has 127 heavy (non-hydrogen) atoms. The Morgan fingerprint density at radius 2 is 0.803 bits per heavy atom. The monoisotopic (exact) mass is 1840 g/mol. The SMILES string of the molecule is CCCCCCCCCCCCC/C=C/[C@@H](O)[C@H](CO[C@@H]1OC(CO)[C@@H](O[C@@H]2OC(CO)[C@H](O[C@@H]3OC(CO)[C@H](O)[C@H](O[C@@H]4OC(CO)[C@H](O)[C@H](O[C@]5(C(=O)O)CC(O)[C@@H](NC(=O)CO)C([C@H](O)[C@H](O)CO)O5)C4O)C3NC(C)=O)[C@H](O[C@]3(C(=O)O)CC(O)[C@@H](NC(=O)CO)C([C@H](O)[C@H](O)CO)O3)C2O)[C@H](O)C1O)NC(=O)CCCCCCCCCCCCCCC. The summed E-state index contributed by atoms with van der Waals surface area (Å²) in [5, 5.41) is 266. The Hall–Kier alpha value is -4.76. The van der Waals surface area contributed by atoms with Crippen molar-refractivity contribution in [2.75, 3.05) is 59.5 Å². The zero-order valence-electron chi connectivity index (χ0n) is 72.4. The van der Waals surface area contributed by atoms with Gasteiger partial charge in [0.1, 0.15) is 147 Å². The van der Waals surface area contributed by atoms with E-state index in [9.17, 15) is 146 Å². The molecule has 0 aliphatic carbocycles. The predicted octanol–water partition coefficient (Wildman–Crippen LogP) is -6.70. The quantitative estimate of drug-likeness (QED) is 0.0199. The Morgan fingerprint density at radius 3 is 1.24 bits per heavy atom. The van der Waals surface area contributed by atoms with Crippen LogP contribution in [0.2, 0.25) is 0 Å². The first-order valence-electron chi connectivity index (χ1n) is 44.6. The summed E-state index contributed by atoms with van der Waals surface area (Å²) in [5.41, 5.74) is 0. The van der Waals surface area contributed by atoms with E-state index in [0.717, 1.165) is 71.1 Å². The minimum Gasteiger partial charge on any atom is -0.477 e. The molecule has 738 valence electrons. The fourth-order valence-electron chi connectivity index (χ4n) is 16.5. The van der Waals surface area contributed by atoms with Crippen LogP contribution >= 0.6 is 0 Å². The van der Waals surface area contributed by atoms with Gasteiger partial charge in [0.15, 0.2) is 25.2 Å². The van der Waals surface area contributed by atoms with Gasteiger partial charge in [-0.1, -0.05) is 167 Å². The number of ether oxygens (including phenoxy) is 12. The second-order valence-electron chi connectivity index (χ2n) is 33.6. The maximum absolute atomic E-state index is 14.1. The van der Waals surface area contributed by atoms with E-state index in [1.54, 1.807) is 6.08 Å².